The smallest absolute Gasteiger partial charge is 0.438 e. The van der Waals surface area contributed by atoms with E-state index in [2.05, 4.69) is 11.3 Å². The second-order valence-electron chi connectivity index (χ2n) is 2.13. The summed E-state index contributed by atoms with van der Waals surface area (Å²) in [6.45, 7) is 5.55. The van der Waals surface area contributed by atoms with Crippen LogP contribution in [0.5, 0.6) is 0 Å². The maximum Gasteiger partial charge on any atom is 0.508 e. The van der Waals surface area contributed by atoms with Crippen molar-refractivity contribution < 1.29 is 14.3 Å². The summed E-state index contributed by atoms with van der Waals surface area (Å²) in [7, 11) is 1.29. The van der Waals surface area contributed by atoms with E-state index in [0.717, 1.165) is 12.8 Å². The summed E-state index contributed by atoms with van der Waals surface area (Å²) in [6.07, 6.45) is 2.47. The first-order valence-electron chi connectivity index (χ1n) is 3.61. The van der Waals surface area contributed by atoms with Crippen LogP contribution in [0.15, 0.2) is 12.7 Å². The van der Waals surface area contributed by atoms with Crippen LogP contribution in [0.25, 0.3) is 0 Å². The van der Waals surface area contributed by atoms with Crippen LogP contribution in [0, 0.1) is 0 Å². The molecule has 0 saturated carbocycles. The van der Waals surface area contributed by atoms with Gasteiger partial charge in [-0.15, -0.1) is 0 Å². The summed E-state index contributed by atoms with van der Waals surface area (Å²) in [6, 6.07) is 0. The zero-order chi connectivity index (χ0) is 8.69. The van der Waals surface area contributed by atoms with E-state index in [1.54, 1.807) is 6.08 Å². The van der Waals surface area contributed by atoms with Gasteiger partial charge in [-0.2, -0.15) is 0 Å². The Hall–Kier alpha value is -0.990. The van der Waals surface area contributed by atoms with E-state index >= 15 is 0 Å². The Morgan fingerprint density at radius 3 is 2.73 bits per heavy atom. The van der Waals surface area contributed by atoms with Gasteiger partial charge < -0.3 is 9.47 Å². The second kappa shape index (κ2) is 5.77. The number of rotatable bonds is 4. The van der Waals surface area contributed by atoms with Crippen LogP contribution in [0.1, 0.15) is 19.8 Å². The molecule has 0 spiro atoms. The number of methoxy groups -OCH3 is 1. The molecule has 0 unspecified atom stereocenters. The SMILES string of the molecule is C=C[C@H](CCC)OC(=O)OC. The molecule has 11 heavy (non-hydrogen) atoms. The van der Waals surface area contributed by atoms with Crippen LogP contribution in [0.4, 0.5) is 4.79 Å². The first-order valence-corrected chi connectivity index (χ1v) is 3.61. The fourth-order valence-corrected chi connectivity index (χ4v) is 0.681. The van der Waals surface area contributed by atoms with Crippen molar-refractivity contribution in [2.24, 2.45) is 0 Å². The molecule has 0 aromatic heterocycles. The molecule has 64 valence electrons. The van der Waals surface area contributed by atoms with Gasteiger partial charge in [-0.05, 0) is 6.42 Å². The lowest BCUT2D eigenvalue weighted by Gasteiger charge is -2.10. The quantitative estimate of drug-likeness (QED) is 0.464. The maximum absolute atomic E-state index is 10.6. The van der Waals surface area contributed by atoms with Crippen molar-refractivity contribution in [1.29, 1.82) is 0 Å². The Bertz CT molecular complexity index is 131. The number of carbonyl (C=O) groups is 1. The highest BCUT2D eigenvalue weighted by Crippen LogP contribution is 2.03. The molecule has 0 aromatic carbocycles. The molecule has 0 aromatic rings. The van der Waals surface area contributed by atoms with Gasteiger partial charge in [0.15, 0.2) is 0 Å². The Labute approximate surface area is 67.0 Å². The molecular formula is C8H14O3. The van der Waals surface area contributed by atoms with Gasteiger partial charge in [0.2, 0.25) is 0 Å². The van der Waals surface area contributed by atoms with Gasteiger partial charge in [0, 0.05) is 0 Å². The molecule has 3 nitrogen and oxygen atoms in total. The van der Waals surface area contributed by atoms with E-state index in [1.807, 2.05) is 6.92 Å². The molecule has 0 radical (unpaired) electrons. The lowest BCUT2D eigenvalue weighted by molar-refractivity contribution is 0.0499. The third-order valence-corrected chi connectivity index (χ3v) is 1.25. The van der Waals surface area contributed by atoms with Gasteiger partial charge in [-0.1, -0.05) is 26.0 Å². The number of ether oxygens (including phenoxy) is 2. The van der Waals surface area contributed by atoms with Crippen LogP contribution in [-0.2, 0) is 9.47 Å². The van der Waals surface area contributed by atoms with Crippen molar-refractivity contribution in [2.45, 2.75) is 25.9 Å². The van der Waals surface area contributed by atoms with E-state index in [0.29, 0.717) is 0 Å². The lowest BCUT2D eigenvalue weighted by atomic mass is 10.2. The molecule has 3 heteroatoms. The molecule has 0 bridgehead atoms. The van der Waals surface area contributed by atoms with Gasteiger partial charge in [-0.3, -0.25) is 0 Å². The number of hydrogen-bond donors (Lipinski definition) is 0. The summed E-state index contributed by atoms with van der Waals surface area (Å²) in [4.78, 5) is 10.6. The largest absolute Gasteiger partial charge is 0.508 e. The summed E-state index contributed by atoms with van der Waals surface area (Å²) in [5.74, 6) is 0. The fourth-order valence-electron chi connectivity index (χ4n) is 0.681. The van der Waals surface area contributed by atoms with Crippen LogP contribution >= 0.6 is 0 Å². The number of carbonyl (C=O) groups excluding carboxylic acids is 1. The minimum atomic E-state index is -0.650. The standard InChI is InChI=1S/C8H14O3/c1-4-6-7(5-2)11-8(9)10-3/h5,7H,2,4,6H2,1,3H3/t7-/m1/s1. The monoisotopic (exact) mass is 158 g/mol. The van der Waals surface area contributed by atoms with Gasteiger partial charge in [0.1, 0.15) is 6.10 Å². The molecular weight excluding hydrogens is 144 g/mol. The highest BCUT2D eigenvalue weighted by atomic mass is 16.7. The molecule has 0 rings (SSSR count). The predicted molar refractivity (Wildman–Crippen MR) is 42.4 cm³/mol. The average Bonchev–Trinajstić information content (AvgIpc) is 2.03. The Morgan fingerprint density at radius 2 is 2.36 bits per heavy atom. The van der Waals surface area contributed by atoms with E-state index in [-0.39, 0.29) is 6.10 Å². The van der Waals surface area contributed by atoms with Gasteiger partial charge >= 0.3 is 6.16 Å². The molecule has 0 aliphatic heterocycles. The zero-order valence-corrected chi connectivity index (χ0v) is 7.00. The molecule has 0 amide bonds. The molecule has 0 aliphatic carbocycles. The molecule has 0 fully saturated rings. The fraction of sp³-hybridized carbons (Fsp3) is 0.625. The topological polar surface area (TPSA) is 35.5 Å². The van der Waals surface area contributed by atoms with E-state index in [1.165, 1.54) is 7.11 Å². The minimum Gasteiger partial charge on any atom is -0.438 e. The number of hydrogen-bond acceptors (Lipinski definition) is 3. The average molecular weight is 158 g/mol. The van der Waals surface area contributed by atoms with Crippen LogP contribution in [0.3, 0.4) is 0 Å². The second-order valence-corrected chi connectivity index (χ2v) is 2.13. The third kappa shape index (κ3) is 4.42. The highest BCUT2D eigenvalue weighted by Gasteiger charge is 2.08. The van der Waals surface area contributed by atoms with Gasteiger partial charge in [-0.25, -0.2) is 4.79 Å². The highest BCUT2D eigenvalue weighted by molar-refractivity contribution is 5.60. The molecule has 1 atom stereocenters. The maximum atomic E-state index is 10.6. The van der Waals surface area contributed by atoms with Gasteiger partial charge in [0.25, 0.3) is 0 Å². The minimum absolute atomic E-state index is 0.215. The van der Waals surface area contributed by atoms with Crippen LogP contribution in [-0.4, -0.2) is 19.4 Å². The molecule has 0 heterocycles. The first-order chi connectivity index (χ1) is 5.24. The van der Waals surface area contributed by atoms with Crippen molar-refractivity contribution in [2.75, 3.05) is 7.11 Å². The predicted octanol–water partition coefficient (Wildman–Crippen LogP) is 2.12. The first kappa shape index (κ1) is 10.0. The van der Waals surface area contributed by atoms with E-state index in [4.69, 9.17) is 4.74 Å². The normalized spacial score (nSPS) is 11.8. The molecule has 0 aliphatic rings. The molecule has 0 N–H and O–H groups in total. The summed E-state index contributed by atoms with van der Waals surface area (Å²) < 4.78 is 9.13. The van der Waals surface area contributed by atoms with Crippen molar-refractivity contribution in [3.05, 3.63) is 12.7 Å². The van der Waals surface area contributed by atoms with Crippen LogP contribution < -0.4 is 0 Å². The zero-order valence-electron chi connectivity index (χ0n) is 7.00. The third-order valence-electron chi connectivity index (χ3n) is 1.25. The van der Waals surface area contributed by atoms with Crippen molar-refractivity contribution in [3.63, 3.8) is 0 Å². The summed E-state index contributed by atoms with van der Waals surface area (Å²) >= 11 is 0. The molecule has 0 saturated heterocycles. The van der Waals surface area contributed by atoms with Crippen molar-refractivity contribution >= 4 is 6.16 Å². The van der Waals surface area contributed by atoms with Crippen molar-refractivity contribution in [1.82, 2.24) is 0 Å². The summed E-state index contributed by atoms with van der Waals surface area (Å²) in [5.41, 5.74) is 0. The van der Waals surface area contributed by atoms with E-state index in [9.17, 15) is 4.79 Å². The lowest BCUT2D eigenvalue weighted by Crippen LogP contribution is -2.15. The van der Waals surface area contributed by atoms with Crippen LogP contribution in [0.2, 0.25) is 0 Å². The Kier molecular flexibility index (Phi) is 5.25. The van der Waals surface area contributed by atoms with Gasteiger partial charge in [0.05, 0.1) is 7.11 Å². The van der Waals surface area contributed by atoms with E-state index < -0.39 is 6.16 Å². The Morgan fingerprint density at radius 1 is 1.73 bits per heavy atom. The Balaban J connectivity index is 3.67. The summed E-state index contributed by atoms with van der Waals surface area (Å²) in [5, 5.41) is 0. The van der Waals surface area contributed by atoms with Crippen molar-refractivity contribution in [3.8, 4) is 0 Å².